The summed E-state index contributed by atoms with van der Waals surface area (Å²) in [6, 6.07) is 7.98. The van der Waals surface area contributed by atoms with Crippen molar-refractivity contribution in [2.75, 3.05) is 31.1 Å². The van der Waals surface area contributed by atoms with Gasteiger partial charge in [0.1, 0.15) is 0 Å². The van der Waals surface area contributed by atoms with E-state index >= 15 is 0 Å². The molecule has 0 radical (unpaired) electrons. The van der Waals surface area contributed by atoms with Gasteiger partial charge in [0.05, 0.1) is 16.2 Å². The predicted octanol–water partition coefficient (Wildman–Crippen LogP) is 3.63. The molecule has 1 aromatic rings. The molecule has 0 aliphatic carbocycles. The summed E-state index contributed by atoms with van der Waals surface area (Å²) >= 11 is 0. The number of hydrogen-bond acceptors (Lipinski definition) is 5. The minimum absolute atomic E-state index is 0.396. The van der Waals surface area contributed by atoms with E-state index in [1.807, 2.05) is 32.0 Å². The zero-order valence-electron chi connectivity index (χ0n) is 17.7. The van der Waals surface area contributed by atoms with Gasteiger partial charge in [-0.05, 0) is 63.9 Å². The van der Waals surface area contributed by atoms with Gasteiger partial charge in [0, 0.05) is 37.1 Å². The Morgan fingerprint density at radius 2 is 1.89 bits per heavy atom. The van der Waals surface area contributed by atoms with Gasteiger partial charge in [-0.2, -0.15) is 0 Å². The van der Waals surface area contributed by atoms with E-state index in [9.17, 15) is 8.42 Å². The van der Waals surface area contributed by atoms with Crippen LogP contribution in [0.1, 0.15) is 47.0 Å². The molecule has 2 fully saturated rings. The molecule has 1 atom stereocenters. The maximum absolute atomic E-state index is 12.5. The summed E-state index contributed by atoms with van der Waals surface area (Å²) in [4.78, 5) is 5.25. The van der Waals surface area contributed by atoms with E-state index in [1.54, 1.807) is 19.9 Å². The molecule has 2 bridgehead atoms. The first-order valence-electron chi connectivity index (χ1n) is 10.7. The molecular weight excluding hydrogens is 370 g/mol. The summed E-state index contributed by atoms with van der Waals surface area (Å²) in [5.74, 6) is 0.792. The Balaban J connectivity index is 0.00000109. The third kappa shape index (κ3) is 4.23. The quantitative estimate of drug-likeness (QED) is 0.811. The van der Waals surface area contributed by atoms with Crippen LogP contribution in [0.4, 0.5) is 5.69 Å². The third-order valence-electron chi connectivity index (χ3n) is 5.97. The topological polar surface area (TPSA) is 52.7 Å². The van der Waals surface area contributed by atoms with Crippen LogP contribution in [-0.4, -0.2) is 50.8 Å². The first-order valence-corrected chi connectivity index (χ1v) is 12.3. The second-order valence-electron chi connectivity index (χ2n) is 8.07. The number of nitrogens with one attached hydrogen (secondary N) is 1. The number of rotatable bonds is 5. The smallest absolute Gasteiger partial charge is 0.180 e. The summed E-state index contributed by atoms with van der Waals surface area (Å²) in [7, 11) is -3.23. The monoisotopic (exact) mass is 405 g/mol. The van der Waals surface area contributed by atoms with Crippen molar-refractivity contribution < 1.29 is 8.42 Å². The number of anilines is 1. The molecule has 1 aromatic carbocycles. The van der Waals surface area contributed by atoms with Gasteiger partial charge in [0.25, 0.3) is 0 Å². The van der Waals surface area contributed by atoms with E-state index in [2.05, 4.69) is 21.3 Å². The highest BCUT2D eigenvalue weighted by Crippen LogP contribution is 2.38. The molecule has 28 heavy (non-hydrogen) atoms. The fourth-order valence-electron chi connectivity index (χ4n) is 4.32. The van der Waals surface area contributed by atoms with Crippen LogP contribution in [-0.2, 0) is 9.84 Å². The molecule has 2 saturated heterocycles. The molecule has 0 aromatic heterocycles. The van der Waals surface area contributed by atoms with E-state index in [0.717, 1.165) is 44.2 Å². The van der Waals surface area contributed by atoms with Gasteiger partial charge < -0.3 is 15.1 Å². The van der Waals surface area contributed by atoms with E-state index in [4.69, 9.17) is 0 Å². The van der Waals surface area contributed by atoms with Gasteiger partial charge in [-0.25, -0.2) is 8.42 Å². The van der Waals surface area contributed by atoms with Crippen molar-refractivity contribution in [1.82, 2.24) is 10.2 Å². The largest absolute Gasteiger partial charge is 0.371 e. The van der Waals surface area contributed by atoms with Crippen molar-refractivity contribution in [3.05, 3.63) is 36.2 Å². The Bertz CT molecular complexity index is 798. The van der Waals surface area contributed by atoms with E-state index in [-0.39, 0.29) is 0 Å². The lowest BCUT2D eigenvalue weighted by Crippen LogP contribution is -2.41. The molecule has 0 spiro atoms. The Morgan fingerprint density at radius 1 is 1.18 bits per heavy atom. The number of hydrogen-bond donors (Lipinski definition) is 1. The minimum Gasteiger partial charge on any atom is -0.371 e. The zero-order valence-corrected chi connectivity index (χ0v) is 18.5. The van der Waals surface area contributed by atoms with Crippen molar-refractivity contribution in [1.29, 1.82) is 0 Å². The second kappa shape index (κ2) is 8.87. The fraction of sp³-hybridized carbons (Fsp3) is 0.636. The van der Waals surface area contributed by atoms with Crippen LogP contribution in [0.3, 0.4) is 0 Å². The first-order chi connectivity index (χ1) is 13.4. The van der Waals surface area contributed by atoms with E-state index in [0.29, 0.717) is 10.9 Å². The maximum Gasteiger partial charge on any atom is 0.180 e. The third-order valence-corrected chi connectivity index (χ3v) is 8.13. The van der Waals surface area contributed by atoms with Gasteiger partial charge >= 0.3 is 0 Å². The van der Waals surface area contributed by atoms with Crippen LogP contribution >= 0.6 is 0 Å². The van der Waals surface area contributed by atoms with Gasteiger partial charge in [-0.15, -0.1) is 0 Å². The minimum atomic E-state index is -3.23. The molecule has 0 saturated carbocycles. The van der Waals surface area contributed by atoms with E-state index in [1.165, 1.54) is 18.5 Å². The van der Waals surface area contributed by atoms with Crippen molar-refractivity contribution in [3.8, 4) is 0 Å². The van der Waals surface area contributed by atoms with Crippen molar-refractivity contribution in [2.24, 2.45) is 5.92 Å². The average molecular weight is 406 g/mol. The molecule has 4 rings (SSSR count). The highest BCUT2D eigenvalue weighted by atomic mass is 32.2. The number of benzene rings is 1. The first kappa shape index (κ1) is 21.2. The van der Waals surface area contributed by atoms with Crippen LogP contribution < -0.4 is 10.2 Å². The molecule has 3 aliphatic rings. The summed E-state index contributed by atoms with van der Waals surface area (Å²) in [6.45, 7) is 11.9. The summed E-state index contributed by atoms with van der Waals surface area (Å²) in [5, 5.41) is 3.04. The van der Waals surface area contributed by atoms with Gasteiger partial charge in [0.2, 0.25) is 0 Å². The Kier molecular flexibility index (Phi) is 6.71. The number of fused-ring (bicyclic) bond motifs is 2. The van der Waals surface area contributed by atoms with Crippen molar-refractivity contribution in [2.45, 2.75) is 63.1 Å². The highest BCUT2D eigenvalue weighted by molar-refractivity contribution is 7.92. The van der Waals surface area contributed by atoms with Crippen molar-refractivity contribution in [3.63, 3.8) is 0 Å². The standard InChI is InChI=1S/C20H29N3O2S.C2H6/c1-15(2)26(24,25)20-5-3-4-17(11-20)23-14-18-10-19(23)13-22(18)12-16-6-8-21-9-7-16;1-2/h3-5,11,13,15-16,18,21H,6-10,12,14H2,1-2H3;1-2H3. The summed E-state index contributed by atoms with van der Waals surface area (Å²) in [5.41, 5.74) is 2.32. The lowest BCUT2D eigenvalue weighted by molar-refractivity contribution is 0.229. The SMILES string of the molecule is CC.CC(C)S(=O)(=O)c1cccc(N2CC3CC2=CN3CC2CCNCC2)c1. The highest BCUT2D eigenvalue weighted by Gasteiger charge is 2.37. The number of sulfone groups is 1. The summed E-state index contributed by atoms with van der Waals surface area (Å²) < 4.78 is 25.0. The Labute approximate surface area is 170 Å². The van der Waals surface area contributed by atoms with Crippen LogP contribution in [0.15, 0.2) is 41.1 Å². The van der Waals surface area contributed by atoms with Crippen LogP contribution in [0.2, 0.25) is 0 Å². The molecule has 3 heterocycles. The van der Waals surface area contributed by atoms with Crippen LogP contribution in [0.25, 0.3) is 0 Å². The van der Waals surface area contributed by atoms with Gasteiger partial charge in [-0.1, -0.05) is 19.9 Å². The molecule has 1 unspecified atom stereocenters. The maximum atomic E-state index is 12.5. The van der Waals surface area contributed by atoms with Crippen LogP contribution in [0.5, 0.6) is 0 Å². The predicted molar refractivity (Wildman–Crippen MR) is 116 cm³/mol. The Morgan fingerprint density at radius 3 is 2.50 bits per heavy atom. The molecule has 3 aliphatic heterocycles. The number of nitrogens with zero attached hydrogens (tertiary/aromatic N) is 2. The second-order valence-corrected chi connectivity index (χ2v) is 10.6. The normalized spacial score (nSPS) is 22.3. The zero-order chi connectivity index (χ0) is 20.3. The number of piperidine rings is 1. The van der Waals surface area contributed by atoms with Crippen molar-refractivity contribution >= 4 is 15.5 Å². The molecule has 0 amide bonds. The summed E-state index contributed by atoms with van der Waals surface area (Å²) in [6.07, 6.45) is 5.92. The van der Waals surface area contributed by atoms with Crippen LogP contribution in [0, 0.1) is 5.92 Å². The lowest BCUT2D eigenvalue weighted by Gasteiger charge is -2.35. The molecule has 5 nitrogen and oxygen atoms in total. The lowest BCUT2D eigenvalue weighted by atomic mass is 9.97. The Hall–Kier alpha value is -1.53. The molecular formula is C22H35N3O2S. The molecule has 1 N–H and O–H groups in total. The van der Waals surface area contributed by atoms with E-state index < -0.39 is 15.1 Å². The molecule has 6 heteroatoms. The molecule has 156 valence electrons. The van der Waals surface area contributed by atoms with Gasteiger partial charge in [0.15, 0.2) is 9.84 Å². The average Bonchev–Trinajstić information content (AvgIpc) is 3.31. The fourth-order valence-corrected chi connectivity index (χ4v) is 5.42. The van der Waals surface area contributed by atoms with Gasteiger partial charge in [-0.3, -0.25) is 0 Å².